The number of rotatable bonds is 4. The van der Waals surface area contributed by atoms with E-state index < -0.39 is 35.8 Å². The van der Waals surface area contributed by atoms with E-state index in [1.807, 2.05) is 0 Å². The van der Waals surface area contributed by atoms with Gasteiger partial charge in [-0.05, 0) is 0 Å². The lowest BCUT2D eigenvalue weighted by atomic mass is 10.1. The lowest BCUT2D eigenvalue weighted by Crippen LogP contribution is -2.30. The Hall–Kier alpha value is -1.57. The average molecular weight is 241 g/mol. The van der Waals surface area contributed by atoms with Crippen molar-refractivity contribution in [2.75, 3.05) is 20.8 Å². The largest absolute Gasteiger partial charge is 0.509 e. The highest BCUT2D eigenvalue weighted by Gasteiger charge is 2.41. The summed E-state index contributed by atoms with van der Waals surface area (Å²) >= 11 is 0. The number of carbonyl (C=O) groups excluding carboxylic acids is 1. The molecule has 0 heterocycles. The fourth-order valence-corrected chi connectivity index (χ4v) is 0.817. The number of hydrogen-bond acceptors (Lipinski definition) is 5. The van der Waals surface area contributed by atoms with Crippen molar-refractivity contribution < 1.29 is 32.5 Å². The van der Waals surface area contributed by atoms with Gasteiger partial charge in [-0.25, -0.2) is 4.79 Å². The molecular weight excluding hydrogens is 231 g/mol. The van der Waals surface area contributed by atoms with Crippen LogP contribution in [0.5, 0.6) is 0 Å². The standard InChI is InChI=1S/C8H10F3NO4/c1-15-3-4(13)5(7(14)16-2)6(12)8(9,10)11/h12-13H,3H2,1-2H3/b5-4+,12-6?. The van der Waals surface area contributed by atoms with E-state index in [2.05, 4.69) is 9.47 Å². The quantitative estimate of drug-likeness (QED) is 0.335. The molecule has 0 atom stereocenters. The van der Waals surface area contributed by atoms with Gasteiger partial charge in [0.2, 0.25) is 0 Å². The minimum absolute atomic E-state index is 0.622. The van der Waals surface area contributed by atoms with E-state index in [1.54, 1.807) is 0 Å². The number of hydrogen-bond donors (Lipinski definition) is 2. The Balaban J connectivity index is 5.35. The number of aliphatic hydroxyl groups is 1. The molecule has 0 bridgehead atoms. The molecule has 0 aromatic rings. The van der Waals surface area contributed by atoms with Gasteiger partial charge in [-0.1, -0.05) is 0 Å². The van der Waals surface area contributed by atoms with Gasteiger partial charge in [0.1, 0.15) is 17.9 Å². The first-order valence-corrected chi connectivity index (χ1v) is 3.91. The van der Waals surface area contributed by atoms with Gasteiger partial charge in [0.05, 0.1) is 7.11 Å². The maximum absolute atomic E-state index is 12.2. The molecule has 0 saturated carbocycles. The zero-order valence-electron chi connectivity index (χ0n) is 8.51. The van der Waals surface area contributed by atoms with Gasteiger partial charge in [0, 0.05) is 7.11 Å². The predicted molar refractivity (Wildman–Crippen MR) is 47.3 cm³/mol. The Morgan fingerprint density at radius 2 is 1.88 bits per heavy atom. The molecule has 92 valence electrons. The van der Waals surface area contributed by atoms with Crippen LogP contribution in [0.4, 0.5) is 13.2 Å². The van der Waals surface area contributed by atoms with Crippen LogP contribution in [-0.4, -0.2) is 43.8 Å². The first-order chi connectivity index (χ1) is 7.25. The summed E-state index contributed by atoms with van der Waals surface area (Å²) in [7, 11) is 1.95. The van der Waals surface area contributed by atoms with E-state index in [0.717, 1.165) is 14.2 Å². The Morgan fingerprint density at radius 1 is 1.38 bits per heavy atom. The van der Waals surface area contributed by atoms with Crippen LogP contribution in [0.1, 0.15) is 0 Å². The molecule has 0 aliphatic heterocycles. The molecule has 0 aromatic carbocycles. The van der Waals surface area contributed by atoms with E-state index in [-0.39, 0.29) is 0 Å². The van der Waals surface area contributed by atoms with E-state index in [1.165, 1.54) is 0 Å². The Morgan fingerprint density at radius 3 is 2.19 bits per heavy atom. The highest BCUT2D eigenvalue weighted by Crippen LogP contribution is 2.23. The third kappa shape index (κ3) is 3.54. The Bertz CT molecular complexity index is 322. The second kappa shape index (κ2) is 5.50. The predicted octanol–water partition coefficient (Wildman–Crippen LogP) is 1.20. The van der Waals surface area contributed by atoms with E-state index >= 15 is 0 Å². The molecule has 0 fully saturated rings. The van der Waals surface area contributed by atoms with E-state index in [9.17, 15) is 18.0 Å². The fraction of sp³-hybridized carbons (Fsp3) is 0.500. The van der Waals surface area contributed by atoms with Crippen molar-refractivity contribution in [3.63, 3.8) is 0 Å². The monoisotopic (exact) mass is 241 g/mol. The molecule has 16 heavy (non-hydrogen) atoms. The van der Waals surface area contributed by atoms with Crippen molar-refractivity contribution in [3.05, 3.63) is 11.3 Å². The number of nitrogens with one attached hydrogen (secondary N) is 1. The van der Waals surface area contributed by atoms with Gasteiger partial charge in [-0.3, -0.25) is 5.41 Å². The molecule has 0 aliphatic carbocycles. The van der Waals surface area contributed by atoms with Gasteiger partial charge >= 0.3 is 12.1 Å². The van der Waals surface area contributed by atoms with Crippen molar-refractivity contribution in [2.24, 2.45) is 0 Å². The molecule has 0 amide bonds. The highest BCUT2D eigenvalue weighted by molar-refractivity contribution is 6.21. The van der Waals surface area contributed by atoms with Crippen LogP contribution >= 0.6 is 0 Å². The Labute approximate surface area is 89.0 Å². The van der Waals surface area contributed by atoms with Crippen LogP contribution in [0.2, 0.25) is 0 Å². The summed E-state index contributed by atoms with van der Waals surface area (Å²) in [6.45, 7) is -0.622. The van der Waals surface area contributed by atoms with E-state index in [0.29, 0.717) is 0 Å². The van der Waals surface area contributed by atoms with Crippen molar-refractivity contribution in [1.82, 2.24) is 0 Å². The van der Waals surface area contributed by atoms with Crippen LogP contribution < -0.4 is 0 Å². The molecule has 0 rings (SSSR count). The number of ether oxygens (including phenoxy) is 2. The summed E-state index contributed by atoms with van der Waals surface area (Å²) in [5, 5.41) is 15.9. The Kier molecular flexibility index (Phi) is 4.96. The molecule has 2 N–H and O–H groups in total. The first kappa shape index (κ1) is 14.4. The third-order valence-electron chi connectivity index (χ3n) is 1.49. The molecule has 0 aliphatic rings. The van der Waals surface area contributed by atoms with Gasteiger partial charge in [0.25, 0.3) is 0 Å². The molecule has 0 saturated heterocycles. The SMILES string of the molecule is COC/C(O)=C(/C(=N)C(F)(F)F)C(=O)OC. The average Bonchev–Trinajstić information content (AvgIpc) is 2.16. The maximum Gasteiger partial charge on any atom is 0.433 e. The van der Waals surface area contributed by atoms with Crippen molar-refractivity contribution in [1.29, 1.82) is 5.41 Å². The molecule has 0 aromatic heterocycles. The summed E-state index contributed by atoms with van der Waals surface area (Å²) in [6.07, 6.45) is -5.05. The van der Waals surface area contributed by atoms with Gasteiger partial charge in [-0.15, -0.1) is 0 Å². The van der Waals surface area contributed by atoms with Crippen LogP contribution in [0.3, 0.4) is 0 Å². The van der Waals surface area contributed by atoms with Crippen molar-refractivity contribution in [2.45, 2.75) is 6.18 Å². The number of aliphatic hydroxyl groups excluding tert-OH is 1. The van der Waals surface area contributed by atoms with Crippen LogP contribution in [-0.2, 0) is 14.3 Å². The van der Waals surface area contributed by atoms with Crippen LogP contribution in [0.25, 0.3) is 0 Å². The topological polar surface area (TPSA) is 79.6 Å². The summed E-state index contributed by atoms with van der Waals surface area (Å²) in [6, 6.07) is 0. The second-order valence-corrected chi connectivity index (χ2v) is 2.62. The second-order valence-electron chi connectivity index (χ2n) is 2.62. The number of esters is 1. The minimum Gasteiger partial charge on any atom is -0.509 e. The molecular formula is C8H10F3NO4. The zero-order chi connectivity index (χ0) is 12.9. The summed E-state index contributed by atoms with van der Waals surface area (Å²) < 4.78 is 44.9. The smallest absolute Gasteiger partial charge is 0.433 e. The summed E-state index contributed by atoms with van der Waals surface area (Å²) in [5.74, 6) is -2.45. The lowest BCUT2D eigenvalue weighted by Gasteiger charge is -2.12. The molecule has 5 nitrogen and oxygen atoms in total. The number of methoxy groups -OCH3 is 2. The third-order valence-corrected chi connectivity index (χ3v) is 1.49. The zero-order valence-corrected chi connectivity index (χ0v) is 8.51. The first-order valence-electron chi connectivity index (χ1n) is 3.91. The van der Waals surface area contributed by atoms with Gasteiger partial charge in [0.15, 0.2) is 5.71 Å². The minimum atomic E-state index is -5.05. The fourth-order valence-electron chi connectivity index (χ4n) is 0.817. The van der Waals surface area contributed by atoms with Gasteiger partial charge < -0.3 is 14.6 Å². The van der Waals surface area contributed by atoms with Crippen LogP contribution in [0, 0.1) is 5.41 Å². The molecule has 0 unspecified atom stereocenters. The maximum atomic E-state index is 12.2. The molecule has 0 spiro atoms. The summed E-state index contributed by atoms with van der Waals surface area (Å²) in [5.41, 5.74) is -3.23. The van der Waals surface area contributed by atoms with Gasteiger partial charge in [-0.2, -0.15) is 13.2 Å². The van der Waals surface area contributed by atoms with Crippen molar-refractivity contribution >= 4 is 11.7 Å². The number of halogens is 3. The molecule has 8 heteroatoms. The highest BCUT2D eigenvalue weighted by atomic mass is 19.4. The molecule has 0 radical (unpaired) electrons. The number of carbonyl (C=O) groups is 1. The van der Waals surface area contributed by atoms with Crippen molar-refractivity contribution in [3.8, 4) is 0 Å². The van der Waals surface area contributed by atoms with E-state index in [4.69, 9.17) is 10.5 Å². The number of alkyl halides is 3. The lowest BCUT2D eigenvalue weighted by molar-refractivity contribution is -0.136. The van der Waals surface area contributed by atoms with Crippen LogP contribution in [0.15, 0.2) is 11.3 Å². The normalized spacial score (nSPS) is 13.1. The summed E-state index contributed by atoms with van der Waals surface area (Å²) in [4.78, 5) is 11.0.